The molecule has 2 aromatic carbocycles. The molecule has 1 N–H and O–H groups in total. The van der Waals surface area contributed by atoms with Crippen molar-refractivity contribution in [2.75, 3.05) is 5.32 Å². The first kappa shape index (κ1) is 18.3. The van der Waals surface area contributed by atoms with Gasteiger partial charge >= 0.3 is 0 Å². The number of nitrogens with zero attached hydrogens (tertiary/aromatic N) is 4. The summed E-state index contributed by atoms with van der Waals surface area (Å²) >= 11 is 0. The van der Waals surface area contributed by atoms with Gasteiger partial charge in [-0.15, -0.1) is 0 Å². The molecule has 0 atom stereocenters. The second kappa shape index (κ2) is 7.17. The van der Waals surface area contributed by atoms with Crippen molar-refractivity contribution in [2.24, 2.45) is 0 Å². The van der Waals surface area contributed by atoms with Gasteiger partial charge in [-0.25, -0.2) is 9.37 Å². The second-order valence-electron chi connectivity index (χ2n) is 6.66. The summed E-state index contributed by atoms with van der Waals surface area (Å²) in [6.07, 6.45) is 1.36. The molecule has 7 heteroatoms. The normalized spacial score (nSPS) is 10.7. The highest BCUT2D eigenvalue weighted by Crippen LogP contribution is 2.25. The summed E-state index contributed by atoms with van der Waals surface area (Å²) < 4.78 is 14.9. The van der Waals surface area contributed by atoms with E-state index in [-0.39, 0.29) is 16.9 Å². The third-order valence-corrected chi connectivity index (χ3v) is 4.66. The van der Waals surface area contributed by atoms with Crippen molar-refractivity contribution in [1.82, 2.24) is 14.8 Å². The molecule has 142 valence electrons. The average molecular weight is 385 g/mol. The number of rotatable bonds is 3. The number of anilines is 1. The quantitative estimate of drug-likeness (QED) is 0.570. The Bertz CT molecular complexity index is 1300. The average Bonchev–Trinajstić information content (AvgIpc) is 3.11. The molecule has 0 aliphatic rings. The minimum atomic E-state index is -0.545. The highest BCUT2D eigenvalue weighted by Gasteiger charge is 2.18. The smallest absolute Gasteiger partial charge is 0.256 e. The maximum absolute atomic E-state index is 13.5. The Kier molecular flexibility index (Phi) is 4.53. The Morgan fingerprint density at radius 3 is 2.69 bits per heavy atom. The number of amides is 1. The van der Waals surface area contributed by atoms with Crippen molar-refractivity contribution in [3.8, 4) is 11.9 Å². The molecule has 0 aliphatic heterocycles. The predicted molar refractivity (Wildman–Crippen MR) is 107 cm³/mol. The fourth-order valence-corrected chi connectivity index (χ4v) is 3.19. The zero-order valence-electron chi connectivity index (χ0n) is 15.8. The third kappa shape index (κ3) is 3.32. The van der Waals surface area contributed by atoms with Gasteiger partial charge in [0, 0.05) is 10.9 Å². The van der Waals surface area contributed by atoms with Crippen molar-refractivity contribution >= 4 is 22.6 Å². The van der Waals surface area contributed by atoms with Gasteiger partial charge in [-0.2, -0.15) is 15.0 Å². The minimum absolute atomic E-state index is 0.139. The first-order valence-electron chi connectivity index (χ1n) is 8.90. The van der Waals surface area contributed by atoms with Crippen LogP contribution in [-0.2, 0) is 0 Å². The number of hydrogen-bond donors (Lipinski definition) is 1. The molecule has 0 fully saturated rings. The van der Waals surface area contributed by atoms with Crippen LogP contribution in [0.2, 0.25) is 0 Å². The van der Waals surface area contributed by atoms with Crippen molar-refractivity contribution in [3.05, 3.63) is 82.8 Å². The lowest BCUT2D eigenvalue weighted by Gasteiger charge is -2.12. The van der Waals surface area contributed by atoms with Gasteiger partial charge in [0.25, 0.3) is 5.91 Å². The molecule has 1 amide bonds. The van der Waals surface area contributed by atoms with E-state index in [1.54, 1.807) is 0 Å². The minimum Gasteiger partial charge on any atom is -0.305 e. The molecule has 29 heavy (non-hydrogen) atoms. The van der Waals surface area contributed by atoms with Crippen LogP contribution >= 0.6 is 0 Å². The van der Waals surface area contributed by atoms with E-state index in [1.807, 2.05) is 44.2 Å². The standard InChI is InChI=1S/C22H16FN5O/c1-13-5-3-8-18-14(2)9-19(26-20(13)18)28-21(16(11-24)12-25-28)27-22(29)15-6-4-7-17(23)10-15/h3-10,12H,1-2H3,(H,27,29). The van der Waals surface area contributed by atoms with Crippen molar-refractivity contribution < 1.29 is 9.18 Å². The molecule has 0 saturated carbocycles. The lowest BCUT2D eigenvalue weighted by Crippen LogP contribution is -2.16. The summed E-state index contributed by atoms with van der Waals surface area (Å²) in [5, 5.41) is 17.4. The predicted octanol–water partition coefficient (Wildman–Crippen LogP) is 4.30. The molecule has 2 heterocycles. The number of halogens is 1. The number of carbonyl (C=O) groups is 1. The van der Waals surface area contributed by atoms with E-state index >= 15 is 0 Å². The van der Waals surface area contributed by atoms with Crippen molar-refractivity contribution in [1.29, 1.82) is 5.26 Å². The number of para-hydroxylation sites is 1. The summed E-state index contributed by atoms with van der Waals surface area (Å²) in [6, 6.07) is 15.1. The van der Waals surface area contributed by atoms with E-state index < -0.39 is 11.7 Å². The van der Waals surface area contributed by atoms with Gasteiger partial charge in [0.15, 0.2) is 11.6 Å². The first-order chi connectivity index (χ1) is 14.0. The van der Waals surface area contributed by atoms with Crippen molar-refractivity contribution in [3.63, 3.8) is 0 Å². The van der Waals surface area contributed by atoms with Gasteiger partial charge in [-0.1, -0.05) is 24.3 Å². The molecule has 6 nitrogen and oxygen atoms in total. The number of carbonyl (C=O) groups excluding carboxylic acids is 1. The number of benzene rings is 2. The van der Waals surface area contributed by atoms with Gasteiger partial charge in [0.05, 0.1) is 11.7 Å². The zero-order chi connectivity index (χ0) is 20.5. The van der Waals surface area contributed by atoms with Crippen LogP contribution in [0.1, 0.15) is 27.0 Å². The van der Waals surface area contributed by atoms with Crippen LogP contribution in [0, 0.1) is 31.0 Å². The van der Waals surface area contributed by atoms with Gasteiger partial charge in [-0.3, -0.25) is 4.79 Å². The zero-order valence-corrected chi connectivity index (χ0v) is 15.8. The van der Waals surface area contributed by atoms with Crippen LogP contribution in [0.4, 0.5) is 10.2 Å². The SMILES string of the molecule is Cc1cc(-n2ncc(C#N)c2NC(=O)c2cccc(F)c2)nc2c(C)cccc12. The number of nitrogens with one attached hydrogen (secondary N) is 1. The van der Waals surface area contributed by atoms with E-state index in [1.165, 1.54) is 29.1 Å². The Labute approximate surface area is 166 Å². The van der Waals surface area contributed by atoms with Gasteiger partial charge in [0.1, 0.15) is 17.4 Å². The Hall–Kier alpha value is -4.05. The number of fused-ring (bicyclic) bond motifs is 1. The van der Waals surface area contributed by atoms with Gasteiger partial charge < -0.3 is 5.32 Å². The topological polar surface area (TPSA) is 83.6 Å². The maximum atomic E-state index is 13.5. The number of nitriles is 1. The summed E-state index contributed by atoms with van der Waals surface area (Å²) in [5.74, 6) is -0.410. The van der Waals surface area contributed by atoms with E-state index in [4.69, 9.17) is 0 Å². The molecule has 2 aromatic heterocycles. The molecule has 0 aliphatic carbocycles. The van der Waals surface area contributed by atoms with Crippen molar-refractivity contribution in [2.45, 2.75) is 13.8 Å². The summed E-state index contributed by atoms with van der Waals surface area (Å²) in [7, 11) is 0. The Morgan fingerprint density at radius 1 is 1.14 bits per heavy atom. The molecular weight excluding hydrogens is 369 g/mol. The van der Waals surface area contributed by atoms with Gasteiger partial charge in [0.2, 0.25) is 0 Å². The van der Waals surface area contributed by atoms with E-state index in [0.717, 1.165) is 28.1 Å². The molecule has 0 bridgehead atoms. The highest BCUT2D eigenvalue weighted by atomic mass is 19.1. The summed E-state index contributed by atoms with van der Waals surface area (Å²) in [5.41, 5.74) is 3.13. The molecule has 0 unspecified atom stereocenters. The van der Waals surface area contributed by atoms with Crippen LogP contribution in [0.15, 0.2) is 54.7 Å². The lowest BCUT2D eigenvalue weighted by molar-refractivity contribution is 0.102. The van der Waals surface area contributed by atoms with Crippen LogP contribution < -0.4 is 5.32 Å². The monoisotopic (exact) mass is 385 g/mol. The Balaban J connectivity index is 1.82. The van der Waals surface area contributed by atoms with E-state index in [2.05, 4.69) is 15.4 Å². The molecule has 4 aromatic rings. The molecule has 0 spiro atoms. The number of pyridine rings is 1. The number of aromatic nitrogens is 3. The second-order valence-corrected chi connectivity index (χ2v) is 6.66. The fraction of sp³-hybridized carbons (Fsp3) is 0.0909. The number of hydrogen-bond acceptors (Lipinski definition) is 4. The van der Waals surface area contributed by atoms with E-state index in [0.29, 0.717) is 5.82 Å². The molecule has 4 rings (SSSR count). The highest BCUT2D eigenvalue weighted by molar-refractivity contribution is 6.04. The Morgan fingerprint density at radius 2 is 1.93 bits per heavy atom. The molecule has 0 saturated heterocycles. The number of aryl methyl sites for hydroxylation is 2. The van der Waals surface area contributed by atoms with Crippen LogP contribution in [0.25, 0.3) is 16.7 Å². The largest absolute Gasteiger partial charge is 0.305 e. The summed E-state index contributed by atoms with van der Waals surface area (Å²) in [6.45, 7) is 3.93. The first-order valence-corrected chi connectivity index (χ1v) is 8.90. The van der Waals surface area contributed by atoms with Crippen LogP contribution in [0.3, 0.4) is 0 Å². The third-order valence-electron chi connectivity index (χ3n) is 4.66. The lowest BCUT2D eigenvalue weighted by atomic mass is 10.1. The summed E-state index contributed by atoms with van der Waals surface area (Å²) in [4.78, 5) is 17.3. The molecule has 0 radical (unpaired) electrons. The van der Waals surface area contributed by atoms with Gasteiger partial charge in [-0.05, 0) is 49.2 Å². The van der Waals surface area contributed by atoms with Crippen LogP contribution in [-0.4, -0.2) is 20.7 Å². The van der Waals surface area contributed by atoms with E-state index in [9.17, 15) is 14.4 Å². The fourth-order valence-electron chi connectivity index (χ4n) is 3.19. The maximum Gasteiger partial charge on any atom is 0.256 e. The van der Waals surface area contributed by atoms with Crippen LogP contribution in [0.5, 0.6) is 0 Å². The molecular formula is C22H16FN5O.